The van der Waals surface area contributed by atoms with E-state index >= 15 is 0 Å². The molecule has 2 fully saturated rings. The molecular weight excluding hydrogens is 370 g/mol. The van der Waals surface area contributed by atoms with Crippen molar-refractivity contribution in [1.82, 2.24) is 4.90 Å². The molecule has 0 spiro atoms. The van der Waals surface area contributed by atoms with Crippen molar-refractivity contribution in [3.63, 3.8) is 0 Å². The van der Waals surface area contributed by atoms with Gasteiger partial charge in [-0.2, -0.15) is 0 Å². The minimum Gasteiger partial charge on any atom is -0.333 e. The number of fused-ring (bicyclic) bond motifs is 2. The summed E-state index contributed by atoms with van der Waals surface area (Å²) in [7, 11) is -3.36. The molecule has 0 aliphatic carbocycles. The summed E-state index contributed by atoms with van der Waals surface area (Å²) in [5.74, 6) is 0.0676. The Hall–Kier alpha value is -2.14. The maximum atomic E-state index is 13.4. The molecule has 2 aromatic rings. The summed E-state index contributed by atoms with van der Waals surface area (Å²) < 4.78 is 26.2. The minimum atomic E-state index is -3.36. The fourth-order valence-electron chi connectivity index (χ4n) is 5.16. The quantitative estimate of drug-likeness (QED) is 0.779. The first-order valence-electron chi connectivity index (χ1n) is 9.98. The van der Waals surface area contributed by atoms with E-state index in [1.807, 2.05) is 31.7 Å². The zero-order chi connectivity index (χ0) is 20.1. The first-order valence-corrected chi connectivity index (χ1v) is 11.5. The average Bonchev–Trinajstić information content (AvgIpc) is 2.90. The van der Waals surface area contributed by atoms with Crippen LogP contribution in [0.5, 0.6) is 0 Å². The van der Waals surface area contributed by atoms with Crippen LogP contribution in [0.2, 0.25) is 0 Å². The predicted molar refractivity (Wildman–Crippen MR) is 110 cm³/mol. The molecule has 2 atom stereocenters. The summed E-state index contributed by atoms with van der Waals surface area (Å²) in [6.07, 6.45) is 2.84. The third kappa shape index (κ3) is 3.16. The summed E-state index contributed by atoms with van der Waals surface area (Å²) in [4.78, 5) is 15.8. The number of rotatable bonds is 3. The number of carbonyl (C=O) groups excluding carboxylic acids is 1. The lowest BCUT2D eigenvalue weighted by Gasteiger charge is -2.39. The van der Waals surface area contributed by atoms with Gasteiger partial charge in [0.2, 0.25) is 0 Å². The fraction of sp³-hybridized carbons (Fsp3) is 0.435. The molecule has 0 aromatic heterocycles. The van der Waals surface area contributed by atoms with E-state index in [-0.39, 0.29) is 18.0 Å². The summed E-state index contributed by atoms with van der Waals surface area (Å²) in [6.45, 7) is 6.02. The third-order valence-corrected chi connectivity index (χ3v) is 8.52. The number of amides is 1. The Morgan fingerprint density at radius 3 is 2.00 bits per heavy atom. The predicted octanol–water partition coefficient (Wildman–Crippen LogP) is 4.22. The molecule has 2 aromatic carbocycles. The lowest BCUT2D eigenvalue weighted by molar-refractivity contribution is 0.0596. The van der Waals surface area contributed by atoms with Crippen LogP contribution in [-0.4, -0.2) is 36.6 Å². The number of sulfone groups is 1. The van der Waals surface area contributed by atoms with E-state index in [0.717, 1.165) is 35.1 Å². The number of hydrogen-bond donors (Lipinski definition) is 0. The molecule has 2 heterocycles. The molecule has 4 nitrogen and oxygen atoms in total. The SMILES string of the molecule is Cc1cc(C)c(C(=O)N2C3CCC2CC(S(=O)(=O)c2ccccc2)C3)c(C)c1. The van der Waals surface area contributed by atoms with Gasteiger partial charge in [-0.3, -0.25) is 4.79 Å². The van der Waals surface area contributed by atoms with Crippen LogP contribution < -0.4 is 0 Å². The largest absolute Gasteiger partial charge is 0.333 e. The zero-order valence-electron chi connectivity index (χ0n) is 16.7. The second-order valence-corrected chi connectivity index (χ2v) is 10.6. The van der Waals surface area contributed by atoms with Crippen molar-refractivity contribution in [2.45, 2.75) is 68.7 Å². The highest BCUT2D eigenvalue weighted by atomic mass is 32.2. The number of piperidine rings is 1. The van der Waals surface area contributed by atoms with E-state index in [2.05, 4.69) is 12.1 Å². The van der Waals surface area contributed by atoms with Crippen LogP contribution in [-0.2, 0) is 9.84 Å². The second-order valence-electron chi connectivity index (χ2n) is 8.32. The monoisotopic (exact) mass is 397 g/mol. The molecule has 2 aliphatic heterocycles. The van der Waals surface area contributed by atoms with Crippen LogP contribution in [0.4, 0.5) is 0 Å². The third-order valence-electron chi connectivity index (χ3n) is 6.33. The second kappa shape index (κ2) is 7.03. The Morgan fingerprint density at radius 1 is 0.929 bits per heavy atom. The van der Waals surface area contributed by atoms with E-state index in [1.54, 1.807) is 24.3 Å². The van der Waals surface area contributed by atoms with Crippen LogP contribution in [0.1, 0.15) is 52.7 Å². The first-order chi connectivity index (χ1) is 13.3. The number of nitrogens with zero attached hydrogens (tertiary/aromatic N) is 1. The maximum absolute atomic E-state index is 13.4. The molecule has 0 radical (unpaired) electrons. The van der Waals surface area contributed by atoms with Gasteiger partial charge in [-0.15, -0.1) is 0 Å². The van der Waals surface area contributed by atoms with Crippen LogP contribution >= 0.6 is 0 Å². The highest BCUT2D eigenvalue weighted by Crippen LogP contribution is 2.41. The van der Waals surface area contributed by atoms with Crippen LogP contribution in [0, 0.1) is 20.8 Å². The van der Waals surface area contributed by atoms with Gasteiger partial charge in [0.25, 0.3) is 5.91 Å². The van der Waals surface area contributed by atoms with Gasteiger partial charge in [0.15, 0.2) is 9.84 Å². The average molecular weight is 398 g/mol. The van der Waals surface area contributed by atoms with E-state index in [1.165, 1.54) is 0 Å². The molecule has 2 aliphatic rings. The van der Waals surface area contributed by atoms with Gasteiger partial charge in [-0.1, -0.05) is 35.9 Å². The van der Waals surface area contributed by atoms with Gasteiger partial charge in [0, 0.05) is 17.6 Å². The van der Waals surface area contributed by atoms with Crippen molar-refractivity contribution in [2.24, 2.45) is 0 Å². The van der Waals surface area contributed by atoms with E-state index in [4.69, 9.17) is 0 Å². The Balaban J connectivity index is 1.61. The van der Waals surface area contributed by atoms with Crippen molar-refractivity contribution in [3.05, 3.63) is 64.7 Å². The minimum absolute atomic E-state index is 0.00911. The normalized spacial score (nSPS) is 24.4. The van der Waals surface area contributed by atoms with Crippen LogP contribution in [0.3, 0.4) is 0 Å². The summed E-state index contributed by atoms with van der Waals surface area (Å²) in [5.41, 5.74) is 3.94. The van der Waals surface area contributed by atoms with E-state index in [9.17, 15) is 13.2 Å². The van der Waals surface area contributed by atoms with Crippen LogP contribution in [0.25, 0.3) is 0 Å². The number of hydrogen-bond acceptors (Lipinski definition) is 3. The molecule has 2 saturated heterocycles. The van der Waals surface area contributed by atoms with E-state index < -0.39 is 15.1 Å². The fourth-order valence-corrected chi connectivity index (χ4v) is 7.03. The van der Waals surface area contributed by atoms with Gasteiger partial charge < -0.3 is 4.90 Å². The van der Waals surface area contributed by atoms with Crippen molar-refractivity contribution < 1.29 is 13.2 Å². The molecule has 0 saturated carbocycles. The zero-order valence-corrected chi connectivity index (χ0v) is 17.5. The topological polar surface area (TPSA) is 54.5 Å². The molecule has 0 N–H and O–H groups in total. The molecule has 1 amide bonds. The lowest BCUT2D eigenvalue weighted by Crippen LogP contribution is -2.50. The summed E-state index contributed by atoms with van der Waals surface area (Å²) >= 11 is 0. The maximum Gasteiger partial charge on any atom is 0.254 e. The van der Waals surface area contributed by atoms with Crippen LogP contribution in [0.15, 0.2) is 47.4 Å². The van der Waals surface area contributed by atoms with Gasteiger partial charge >= 0.3 is 0 Å². The molecular formula is C23H27NO3S. The highest BCUT2D eigenvalue weighted by molar-refractivity contribution is 7.92. The summed E-state index contributed by atoms with van der Waals surface area (Å²) in [5, 5.41) is -0.406. The molecule has 28 heavy (non-hydrogen) atoms. The van der Waals surface area contributed by atoms with Gasteiger partial charge in [0.1, 0.15) is 0 Å². The van der Waals surface area contributed by atoms with Gasteiger partial charge in [-0.25, -0.2) is 8.42 Å². The van der Waals surface area contributed by atoms with Crippen molar-refractivity contribution >= 4 is 15.7 Å². The molecule has 4 rings (SSSR count). The number of aryl methyl sites for hydroxylation is 3. The first kappa shape index (κ1) is 19.2. The summed E-state index contributed by atoms with van der Waals surface area (Å²) in [6, 6.07) is 12.8. The standard InChI is InChI=1S/C23H27NO3S/c1-15-11-16(2)22(17(3)12-15)23(25)24-18-9-10-19(24)14-21(13-18)28(26,27)20-7-5-4-6-8-20/h4-8,11-12,18-19,21H,9-10,13-14H2,1-3H3. The Kier molecular flexibility index (Phi) is 4.82. The Bertz CT molecular complexity index is 976. The van der Waals surface area contributed by atoms with Gasteiger partial charge in [-0.05, 0) is 69.7 Å². The highest BCUT2D eigenvalue weighted by Gasteiger charge is 2.47. The van der Waals surface area contributed by atoms with Crippen molar-refractivity contribution in [2.75, 3.05) is 0 Å². The lowest BCUT2D eigenvalue weighted by atomic mass is 9.95. The Morgan fingerprint density at radius 2 is 1.46 bits per heavy atom. The van der Waals surface area contributed by atoms with Gasteiger partial charge in [0.05, 0.1) is 10.1 Å². The van der Waals surface area contributed by atoms with E-state index in [0.29, 0.717) is 17.7 Å². The molecule has 2 unspecified atom stereocenters. The molecule has 148 valence electrons. The smallest absolute Gasteiger partial charge is 0.254 e. The number of benzene rings is 2. The molecule has 2 bridgehead atoms. The molecule has 5 heteroatoms. The van der Waals surface area contributed by atoms with Crippen molar-refractivity contribution in [1.29, 1.82) is 0 Å². The number of carbonyl (C=O) groups is 1. The van der Waals surface area contributed by atoms with Crippen molar-refractivity contribution in [3.8, 4) is 0 Å². The Labute approximate surface area is 167 Å².